The van der Waals surface area contributed by atoms with Crippen LogP contribution in [0.5, 0.6) is 11.5 Å². The van der Waals surface area contributed by atoms with Crippen molar-refractivity contribution in [3.63, 3.8) is 0 Å². The molecule has 88 valence electrons. The minimum Gasteiger partial charge on any atom is -0.508 e. The van der Waals surface area contributed by atoms with Crippen LogP contribution in [-0.4, -0.2) is 45.8 Å². The molecule has 0 aliphatic heterocycles. The van der Waals surface area contributed by atoms with Crippen LogP contribution in [0.1, 0.15) is 17.3 Å². The van der Waals surface area contributed by atoms with Crippen LogP contribution in [-0.2, 0) is 0 Å². The summed E-state index contributed by atoms with van der Waals surface area (Å²) in [4.78, 5) is 13.1. The zero-order chi connectivity index (χ0) is 12.3. The van der Waals surface area contributed by atoms with E-state index in [-0.39, 0.29) is 23.6 Å². The molecule has 5 heteroatoms. The Hall–Kier alpha value is -1.75. The maximum atomic E-state index is 11.8. The molecule has 16 heavy (non-hydrogen) atoms. The van der Waals surface area contributed by atoms with E-state index in [1.807, 2.05) is 0 Å². The minimum atomic E-state index is -0.645. The van der Waals surface area contributed by atoms with Crippen molar-refractivity contribution in [2.24, 2.45) is 0 Å². The number of nitrogens with zero attached hydrogens (tertiary/aromatic N) is 1. The Morgan fingerprint density at radius 1 is 1.44 bits per heavy atom. The highest BCUT2D eigenvalue weighted by molar-refractivity contribution is 5.97. The van der Waals surface area contributed by atoms with E-state index in [1.54, 1.807) is 6.92 Å². The number of amides is 1. The summed E-state index contributed by atoms with van der Waals surface area (Å²) < 4.78 is 0. The Kier molecular flexibility index (Phi) is 3.73. The largest absolute Gasteiger partial charge is 0.508 e. The minimum absolute atomic E-state index is 0.0168. The van der Waals surface area contributed by atoms with Gasteiger partial charge in [-0.1, -0.05) is 0 Å². The molecule has 1 aromatic carbocycles. The number of aliphatic hydroxyl groups is 1. The van der Waals surface area contributed by atoms with Crippen LogP contribution in [0.3, 0.4) is 0 Å². The second kappa shape index (κ2) is 4.85. The van der Waals surface area contributed by atoms with Crippen molar-refractivity contribution in [3.8, 4) is 11.5 Å². The quantitative estimate of drug-likeness (QED) is 0.656. The van der Waals surface area contributed by atoms with Crippen LogP contribution in [0.15, 0.2) is 18.2 Å². The Balaban J connectivity index is 2.91. The zero-order valence-corrected chi connectivity index (χ0v) is 9.21. The number of likely N-dealkylation sites (N-methyl/N-ethyl adjacent to an activating group) is 1. The molecule has 0 bridgehead atoms. The van der Waals surface area contributed by atoms with E-state index in [9.17, 15) is 15.0 Å². The van der Waals surface area contributed by atoms with Crippen molar-refractivity contribution in [1.29, 1.82) is 0 Å². The molecule has 0 fully saturated rings. The van der Waals surface area contributed by atoms with Gasteiger partial charge in [-0.25, -0.2) is 0 Å². The normalized spacial score (nSPS) is 12.2. The topological polar surface area (TPSA) is 81.0 Å². The molecule has 0 radical (unpaired) electrons. The number of aromatic hydroxyl groups is 2. The predicted molar refractivity (Wildman–Crippen MR) is 58.4 cm³/mol. The number of benzene rings is 1. The van der Waals surface area contributed by atoms with E-state index in [0.717, 1.165) is 0 Å². The second-order valence-electron chi connectivity index (χ2n) is 3.74. The molecule has 0 aliphatic rings. The number of carbonyl (C=O) groups is 1. The fraction of sp³-hybridized carbons (Fsp3) is 0.364. The molecule has 1 amide bonds. The van der Waals surface area contributed by atoms with Crippen LogP contribution in [0.25, 0.3) is 0 Å². The summed E-state index contributed by atoms with van der Waals surface area (Å²) in [6, 6.07) is 3.73. The number of carbonyl (C=O) groups excluding carboxylic acids is 1. The first-order valence-electron chi connectivity index (χ1n) is 4.87. The fourth-order valence-electron chi connectivity index (χ4n) is 1.38. The number of hydrogen-bond acceptors (Lipinski definition) is 4. The third kappa shape index (κ3) is 2.87. The molecule has 0 saturated carbocycles. The zero-order valence-electron chi connectivity index (χ0n) is 9.21. The van der Waals surface area contributed by atoms with Gasteiger partial charge in [0.1, 0.15) is 11.5 Å². The van der Waals surface area contributed by atoms with Crippen LogP contribution in [0.2, 0.25) is 0 Å². The summed E-state index contributed by atoms with van der Waals surface area (Å²) in [6.07, 6.45) is -0.645. The Morgan fingerprint density at radius 2 is 2.06 bits per heavy atom. The molecule has 0 saturated heterocycles. The van der Waals surface area contributed by atoms with Crippen LogP contribution in [0, 0.1) is 0 Å². The van der Waals surface area contributed by atoms with Gasteiger partial charge in [-0.05, 0) is 25.1 Å². The Morgan fingerprint density at radius 3 is 2.62 bits per heavy atom. The maximum Gasteiger partial charge on any atom is 0.257 e. The molecule has 1 aromatic rings. The Labute approximate surface area is 93.6 Å². The first-order chi connectivity index (χ1) is 7.41. The highest BCUT2D eigenvalue weighted by Gasteiger charge is 2.17. The molecular weight excluding hydrogens is 210 g/mol. The van der Waals surface area contributed by atoms with Gasteiger partial charge in [0.15, 0.2) is 0 Å². The fourth-order valence-corrected chi connectivity index (χ4v) is 1.38. The molecule has 1 unspecified atom stereocenters. The number of phenolic OH excluding ortho intramolecular Hbond substituents is 2. The van der Waals surface area contributed by atoms with Gasteiger partial charge in [0.25, 0.3) is 5.91 Å². The molecule has 3 N–H and O–H groups in total. The van der Waals surface area contributed by atoms with Crippen LogP contribution >= 0.6 is 0 Å². The van der Waals surface area contributed by atoms with Crippen molar-refractivity contribution in [1.82, 2.24) is 4.90 Å². The lowest BCUT2D eigenvalue weighted by Gasteiger charge is -2.19. The summed E-state index contributed by atoms with van der Waals surface area (Å²) in [6.45, 7) is 1.72. The summed E-state index contributed by atoms with van der Waals surface area (Å²) >= 11 is 0. The van der Waals surface area contributed by atoms with E-state index >= 15 is 0 Å². The molecule has 1 rings (SSSR count). The second-order valence-corrected chi connectivity index (χ2v) is 3.74. The first-order valence-corrected chi connectivity index (χ1v) is 4.87. The summed E-state index contributed by atoms with van der Waals surface area (Å²) in [5.74, 6) is -0.735. The lowest BCUT2D eigenvalue weighted by atomic mass is 10.1. The number of aliphatic hydroxyl groups excluding tert-OH is 1. The van der Waals surface area contributed by atoms with E-state index < -0.39 is 12.0 Å². The summed E-state index contributed by atoms with van der Waals surface area (Å²) in [5, 5.41) is 27.8. The molecule has 0 spiro atoms. The van der Waals surface area contributed by atoms with E-state index in [0.29, 0.717) is 0 Å². The predicted octanol–water partition coefficient (Wildman–Crippen LogP) is 0.551. The first kappa shape index (κ1) is 12.3. The van der Waals surface area contributed by atoms with Gasteiger partial charge in [-0.2, -0.15) is 0 Å². The van der Waals surface area contributed by atoms with Gasteiger partial charge < -0.3 is 20.2 Å². The third-order valence-corrected chi connectivity index (χ3v) is 2.10. The highest BCUT2D eigenvalue weighted by Crippen LogP contribution is 2.23. The van der Waals surface area contributed by atoms with Gasteiger partial charge in [0, 0.05) is 13.6 Å². The van der Waals surface area contributed by atoms with Crippen molar-refractivity contribution in [2.45, 2.75) is 13.0 Å². The van der Waals surface area contributed by atoms with Crippen LogP contribution < -0.4 is 0 Å². The van der Waals surface area contributed by atoms with Crippen molar-refractivity contribution < 1.29 is 20.1 Å². The van der Waals surface area contributed by atoms with Crippen molar-refractivity contribution in [2.75, 3.05) is 13.6 Å². The van der Waals surface area contributed by atoms with Gasteiger partial charge in [-0.3, -0.25) is 4.79 Å². The van der Waals surface area contributed by atoms with E-state index in [1.165, 1.54) is 30.1 Å². The monoisotopic (exact) mass is 225 g/mol. The molecule has 0 heterocycles. The smallest absolute Gasteiger partial charge is 0.257 e. The maximum absolute atomic E-state index is 11.8. The summed E-state index contributed by atoms with van der Waals surface area (Å²) in [7, 11) is 1.51. The molecule has 1 atom stereocenters. The number of phenols is 2. The number of hydrogen-bond donors (Lipinski definition) is 3. The van der Waals surface area contributed by atoms with Crippen LogP contribution in [0.4, 0.5) is 0 Å². The highest BCUT2D eigenvalue weighted by atomic mass is 16.3. The van der Waals surface area contributed by atoms with Gasteiger partial charge in [0.05, 0.1) is 11.7 Å². The standard InChI is InChI=1S/C11H15NO4/c1-7(13)6-12(2)11(16)9-5-8(14)3-4-10(9)15/h3-5,7,13-15H,6H2,1-2H3. The van der Waals surface area contributed by atoms with Gasteiger partial charge in [0.2, 0.25) is 0 Å². The lowest BCUT2D eigenvalue weighted by molar-refractivity contribution is 0.0700. The molecular formula is C11H15NO4. The molecule has 5 nitrogen and oxygen atoms in total. The van der Waals surface area contributed by atoms with E-state index in [2.05, 4.69) is 0 Å². The van der Waals surface area contributed by atoms with Gasteiger partial charge in [-0.15, -0.1) is 0 Å². The van der Waals surface area contributed by atoms with Crippen molar-refractivity contribution >= 4 is 5.91 Å². The summed E-state index contributed by atoms with van der Waals surface area (Å²) in [5.41, 5.74) is 0.0168. The molecule has 0 aliphatic carbocycles. The Bertz CT molecular complexity index is 390. The van der Waals surface area contributed by atoms with E-state index in [4.69, 9.17) is 5.11 Å². The lowest BCUT2D eigenvalue weighted by Crippen LogP contribution is -2.33. The number of rotatable bonds is 3. The van der Waals surface area contributed by atoms with Gasteiger partial charge >= 0.3 is 0 Å². The third-order valence-electron chi connectivity index (χ3n) is 2.10. The van der Waals surface area contributed by atoms with Crippen molar-refractivity contribution in [3.05, 3.63) is 23.8 Å². The average molecular weight is 225 g/mol. The molecule has 0 aromatic heterocycles. The SMILES string of the molecule is CC(O)CN(C)C(=O)c1cc(O)ccc1O. The average Bonchev–Trinajstić information content (AvgIpc) is 2.19.